The van der Waals surface area contributed by atoms with Crippen LogP contribution in [0.25, 0.3) is 16.0 Å². The van der Waals surface area contributed by atoms with Gasteiger partial charge in [-0.05, 0) is 67.1 Å². The molecule has 2 N–H and O–H groups in total. The molecule has 1 unspecified atom stereocenters. The van der Waals surface area contributed by atoms with Crippen LogP contribution in [0.2, 0.25) is 0 Å². The molecule has 1 amide bonds. The number of anilines is 1. The maximum atomic E-state index is 13.4. The highest BCUT2D eigenvalue weighted by atomic mass is 32.1. The molecule has 9 heteroatoms. The van der Waals surface area contributed by atoms with Crippen LogP contribution in [-0.4, -0.2) is 33.5 Å². The number of nitrogens with zero attached hydrogens (tertiary/aromatic N) is 2. The molecule has 1 fully saturated rings. The van der Waals surface area contributed by atoms with E-state index in [9.17, 15) is 24.2 Å². The molecule has 7 nitrogen and oxygen atoms in total. The number of carbonyl (C=O) groups is 2. The lowest BCUT2D eigenvalue weighted by Crippen LogP contribution is -2.29. The van der Waals surface area contributed by atoms with Crippen molar-refractivity contribution in [3.8, 4) is 11.5 Å². The molecule has 1 aliphatic rings. The van der Waals surface area contributed by atoms with E-state index in [1.807, 2.05) is 6.92 Å². The number of phenolic OH excluding ortho intramolecular Hbond substituents is 1. The van der Waals surface area contributed by atoms with Crippen molar-refractivity contribution in [2.24, 2.45) is 0 Å². The van der Waals surface area contributed by atoms with Gasteiger partial charge in [0, 0.05) is 5.56 Å². The van der Waals surface area contributed by atoms with Crippen LogP contribution >= 0.6 is 11.3 Å². The average Bonchev–Trinajstić information content (AvgIpc) is 3.37. The summed E-state index contributed by atoms with van der Waals surface area (Å²) in [5, 5.41) is 21.4. The van der Waals surface area contributed by atoms with Gasteiger partial charge in [0.05, 0.1) is 28.4 Å². The topological polar surface area (TPSA) is 100.0 Å². The molecule has 1 atom stereocenters. The van der Waals surface area contributed by atoms with Crippen LogP contribution in [0.5, 0.6) is 11.5 Å². The van der Waals surface area contributed by atoms with Crippen LogP contribution in [0.15, 0.2) is 72.3 Å². The van der Waals surface area contributed by atoms with Crippen LogP contribution < -0.4 is 9.64 Å². The minimum absolute atomic E-state index is 0.0690. The summed E-state index contributed by atoms with van der Waals surface area (Å²) in [6.07, 6.45) is 0. The van der Waals surface area contributed by atoms with Crippen LogP contribution in [0.3, 0.4) is 0 Å². The molecular weight excluding hydrogens is 471 g/mol. The normalized spacial score (nSPS) is 17.3. The number of aromatic hydroxyl groups is 1. The van der Waals surface area contributed by atoms with Gasteiger partial charge in [0.2, 0.25) is 0 Å². The smallest absolute Gasteiger partial charge is 0.301 e. The largest absolute Gasteiger partial charge is 0.508 e. The van der Waals surface area contributed by atoms with Gasteiger partial charge in [0.15, 0.2) is 5.13 Å². The summed E-state index contributed by atoms with van der Waals surface area (Å²) in [5.41, 5.74) is 1.02. The molecule has 1 aliphatic heterocycles. The lowest BCUT2D eigenvalue weighted by Gasteiger charge is -2.23. The van der Waals surface area contributed by atoms with E-state index in [1.54, 1.807) is 30.3 Å². The molecule has 2 heterocycles. The Balaban J connectivity index is 1.70. The molecule has 0 saturated carbocycles. The van der Waals surface area contributed by atoms with E-state index < -0.39 is 29.3 Å². The first kappa shape index (κ1) is 22.5. The number of fused-ring (bicyclic) bond motifs is 1. The van der Waals surface area contributed by atoms with Crippen LogP contribution in [0.1, 0.15) is 24.1 Å². The molecule has 1 saturated heterocycles. The number of phenols is 1. The fourth-order valence-electron chi connectivity index (χ4n) is 4.06. The fourth-order valence-corrected chi connectivity index (χ4v) is 5.08. The molecule has 176 valence electrons. The molecule has 0 radical (unpaired) electrons. The Hall–Kier alpha value is -4.24. The van der Waals surface area contributed by atoms with Gasteiger partial charge in [-0.2, -0.15) is 0 Å². The number of benzene rings is 3. The second kappa shape index (κ2) is 8.84. The lowest BCUT2D eigenvalue weighted by molar-refractivity contribution is -0.132. The molecule has 0 bridgehead atoms. The summed E-state index contributed by atoms with van der Waals surface area (Å²) in [6, 6.07) is 15.3. The molecular formula is C26H19FN2O5S. The van der Waals surface area contributed by atoms with Crippen molar-refractivity contribution in [3.63, 3.8) is 0 Å². The van der Waals surface area contributed by atoms with Crippen LogP contribution in [0, 0.1) is 5.82 Å². The Morgan fingerprint density at radius 1 is 1.11 bits per heavy atom. The second-order valence-electron chi connectivity index (χ2n) is 7.83. The number of hydrogen-bond acceptors (Lipinski definition) is 7. The van der Waals surface area contributed by atoms with E-state index in [4.69, 9.17) is 4.74 Å². The minimum Gasteiger partial charge on any atom is -0.508 e. The summed E-state index contributed by atoms with van der Waals surface area (Å²) in [5.74, 6) is -2.15. The number of amides is 1. The zero-order chi connectivity index (χ0) is 24.7. The quantitative estimate of drug-likeness (QED) is 0.228. The summed E-state index contributed by atoms with van der Waals surface area (Å²) in [6.45, 7) is 2.37. The van der Waals surface area contributed by atoms with Gasteiger partial charge in [0.25, 0.3) is 5.78 Å². The Kier molecular flexibility index (Phi) is 5.70. The van der Waals surface area contributed by atoms with Gasteiger partial charge in [0.1, 0.15) is 23.1 Å². The van der Waals surface area contributed by atoms with Crippen molar-refractivity contribution in [3.05, 3.63) is 89.2 Å². The van der Waals surface area contributed by atoms with E-state index in [0.717, 1.165) is 16.8 Å². The zero-order valence-electron chi connectivity index (χ0n) is 18.4. The predicted octanol–water partition coefficient (Wildman–Crippen LogP) is 5.17. The van der Waals surface area contributed by atoms with Gasteiger partial charge in [-0.25, -0.2) is 9.37 Å². The highest BCUT2D eigenvalue weighted by molar-refractivity contribution is 7.22. The van der Waals surface area contributed by atoms with Crippen molar-refractivity contribution in [1.82, 2.24) is 4.98 Å². The monoisotopic (exact) mass is 490 g/mol. The van der Waals surface area contributed by atoms with Crippen molar-refractivity contribution in [2.45, 2.75) is 13.0 Å². The van der Waals surface area contributed by atoms with Crippen molar-refractivity contribution in [2.75, 3.05) is 11.5 Å². The highest BCUT2D eigenvalue weighted by Crippen LogP contribution is 2.45. The second-order valence-corrected chi connectivity index (χ2v) is 8.84. The molecule has 5 rings (SSSR count). The minimum atomic E-state index is -1.06. The number of ketones is 1. The van der Waals surface area contributed by atoms with Gasteiger partial charge in [-0.1, -0.05) is 23.5 Å². The number of ether oxygens (including phenoxy) is 1. The highest BCUT2D eigenvalue weighted by Gasteiger charge is 2.48. The fraction of sp³-hybridized carbons (Fsp3) is 0.115. The lowest BCUT2D eigenvalue weighted by atomic mass is 9.95. The maximum Gasteiger partial charge on any atom is 0.301 e. The molecule has 35 heavy (non-hydrogen) atoms. The average molecular weight is 491 g/mol. The summed E-state index contributed by atoms with van der Waals surface area (Å²) in [7, 11) is 0. The number of thiazole rings is 1. The van der Waals surface area contributed by atoms with Gasteiger partial charge in [-0.15, -0.1) is 0 Å². The van der Waals surface area contributed by atoms with Gasteiger partial charge < -0.3 is 14.9 Å². The summed E-state index contributed by atoms with van der Waals surface area (Å²) >= 11 is 1.20. The van der Waals surface area contributed by atoms with Crippen LogP contribution in [-0.2, 0) is 9.59 Å². The van der Waals surface area contributed by atoms with E-state index in [0.29, 0.717) is 23.4 Å². The number of aliphatic hydroxyl groups is 1. The first-order valence-electron chi connectivity index (χ1n) is 10.8. The first-order chi connectivity index (χ1) is 16.9. The van der Waals surface area contributed by atoms with Crippen molar-refractivity contribution >= 4 is 44.1 Å². The number of hydrogen-bond donors (Lipinski definition) is 2. The standard InChI is InChI=1S/C26H19FN2O5S/c1-2-34-18-10-11-19-20(13-18)35-26(28-19)29-22(15-4-3-5-17(30)12-15)21(24(32)25(29)33)23(31)14-6-8-16(27)9-7-14/h3-13,22,30-31H,2H2,1H3/b23-21+. The van der Waals surface area contributed by atoms with E-state index >= 15 is 0 Å². The number of Topliss-reactive ketones (excluding diaryl/α,β-unsaturated/α-hetero) is 1. The number of aliphatic hydroxyl groups excluding tert-OH is 1. The third-order valence-corrected chi connectivity index (χ3v) is 6.63. The van der Waals surface area contributed by atoms with Crippen LogP contribution in [0.4, 0.5) is 9.52 Å². The number of carbonyl (C=O) groups excluding carboxylic acids is 2. The molecule has 3 aromatic carbocycles. The molecule has 4 aromatic rings. The molecule has 1 aromatic heterocycles. The number of rotatable bonds is 5. The SMILES string of the molecule is CCOc1ccc2nc(N3C(=O)C(=O)/C(=C(/O)c4ccc(F)cc4)C3c3cccc(O)c3)sc2c1. The van der Waals surface area contributed by atoms with Crippen molar-refractivity contribution < 1.29 is 28.9 Å². The maximum absolute atomic E-state index is 13.4. The molecule has 0 aliphatic carbocycles. The Bertz CT molecular complexity index is 1500. The van der Waals surface area contributed by atoms with Gasteiger partial charge >= 0.3 is 5.91 Å². The van der Waals surface area contributed by atoms with E-state index in [-0.39, 0.29) is 22.0 Å². The Morgan fingerprint density at radius 3 is 2.60 bits per heavy atom. The number of aromatic nitrogens is 1. The molecule has 0 spiro atoms. The van der Waals surface area contributed by atoms with E-state index in [1.165, 1.54) is 40.5 Å². The van der Waals surface area contributed by atoms with Gasteiger partial charge in [-0.3, -0.25) is 14.5 Å². The zero-order valence-corrected chi connectivity index (χ0v) is 19.3. The third-order valence-electron chi connectivity index (χ3n) is 5.61. The first-order valence-corrected chi connectivity index (χ1v) is 11.6. The number of halogens is 1. The van der Waals surface area contributed by atoms with Crippen molar-refractivity contribution in [1.29, 1.82) is 0 Å². The third kappa shape index (κ3) is 4.00. The summed E-state index contributed by atoms with van der Waals surface area (Å²) in [4.78, 5) is 32.3. The predicted molar refractivity (Wildman–Crippen MR) is 130 cm³/mol. The van der Waals surface area contributed by atoms with E-state index in [2.05, 4.69) is 4.98 Å². The summed E-state index contributed by atoms with van der Waals surface area (Å²) < 4.78 is 19.7. The Labute approximate surface area is 203 Å². The Morgan fingerprint density at radius 2 is 1.89 bits per heavy atom.